The number of carbonyl (C=O) groups excluding carboxylic acids is 4. The Kier molecular flexibility index (Phi) is 7.97. The molecule has 0 aliphatic heterocycles. The predicted octanol–water partition coefficient (Wildman–Crippen LogP) is 0.272. The second-order valence-electron chi connectivity index (χ2n) is 4.52. The van der Waals surface area contributed by atoms with E-state index < -0.39 is 23.8 Å². The van der Waals surface area contributed by atoms with E-state index in [1.165, 1.54) is 12.1 Å². The van der Waals surface area contributed by atoms with Crippen LogP contribution in [-0.4, -0.2) is 50.1 Å². The Hall–Kier alpha value is -2.90. The molecule has 0 bridgehead atoms. The first-order chi connectivity index (χ1) is 11.5. The number of carbonyl (C=O) groups is 4. The molecule has 2 N–H and O–H groups in total. The van der Waals surface area contributed by atoms with E-state index in [2.05, 4.69) is 10.6 Å². The smallest absolute Gasteiger partial charge is 0.325 e. The molecule has 1 aromatic carbocycles. The van der Waals surface area contributed by atoms with Crippen LogP contribution < -0.4 is 10.6 Å². The summed E-state index contributed by atoms with van der Waals surface area (Å²) in [5.41, 5.74) is 0.173. The summed E-state index contributed by atoms with van der Waals surface area (Å²) >= 11 is 0. The summed E-state index contributed by atoms with van der Waals surface area (Å²) in [5.74, 6) is -2.33. The molecule has 0 saturated heterocycles. The molecule has 8 nitrogen and oxygen atoms in total. The fourth-order valence-electron chi connectivity index (χ4n) is 1.80. The summed E-state index contributed by atoms with van der Waals surface area (Å²) in [6, 6.07) is 6.06. The van der Waals surface area contributed by atoms with Crippen LogP contribution in [0.1, 0.15) is 34.6 Å². The van der Waals surface area contributed by atoms with Gasteiger partial charge in [0.2, 0.25) is 0 Å². The fourth-order valence-corrected chi connectivity index (χ4v) is 1.80. The molecule has 24 heavy (non-hydrogen) atoms. The largest absolute Gasteiger partial charge is 0.465 e. The molecule has 0 aromatic heterocycles. The summed E-state index contributed by atoms with van der Waals surface area (Å²) in [4.78, 5) is 46.8. The van der Waals surface area contributed by atoms with E-state index >= 15 is 0 Å². The van der Waals surface area contributed by atoms with Crippen molar-refractivity contribution in [3.63, 3.8) is 0 Å². The lowest BCUT2D eigenvalue weighted by Gasteiger charge is -2.10. The van der Waals surface area contributed by atoms with Crippen LogP contribution in [0.5, 0.6) is 0 Å². The van der Waals surface area contributed by atoms with Gasteiger partial charge in [0.1, 0.15) is 13.1 Å². The molecule has 1 aromatic rings. The van der Waals surface area contributed by atoms with Gasteiger partial charge < -0.3 is 20.1 Å². The van der Waals surface area contributed by atoms with Crippen molar-refractivity contribution in [3.05, 3.63) is 35.4 Å². The molecule has 8 heteroatoms. The van der Waals surface area contributed by atoms with Crippen LogP contribution in [0.15, 0.2) is 24.3 Å². The topological polar surface area (TPSA) is 111 Å². The van der Waals surface area contributed by atoms with Crippen LogP contribution in [-0.2, 0) is 19.1 Å². The van der Waals surface area contributed by atoms with Gasteiger partial charge in [0.05, 0.1) is 24.3 Å². The number of rotatable bonds is 8. The van der Waals surface area contributed by atoms with Gasteiger partial charge in [-0.25, -0.2) is 0 Å². The minimum atomic E-state index is -0.593. The molecular weight excluding hydrogens is 316 g/mol. The van der Waals surface area contributed by atoms with Crippen LogP contribution in [0.2, 0.25) is 0 Å². The van der Waals surface area contributed by atoms with Gasteiger partial charge in [-0.2, -0.15) is 0 Å². The number of hydrogen-bond donors (Lipinski definition) is 2. The first-order valence-electron chi connectivity index (χ1n) is 7.46. The highest BCUT2D eigenvalue weighted by molar-refractivity contribution is 6.08. The zero-order chi connectivity index (χ0) is 17.9. The van der Waals surface area contributed by atoms with Crippen molar-refractivity contribution in [2.45, 2.75) is 13.8 Å². The zero-order valence-electron chi connectivity index (χ0n) is 13.6. The third-order valence-corrected chi connectivity index (χ3v) is 2.81. The highest BCUT2D eigenvalue weighted by Crippen LogP contribution is 2.08. The van der Waals surface area contributed by atoms with Gasteiger partial charge in [0.25, 0.3) is 11.8 Å². The van der Waals surface area contributed by atoms with Crippen molar-refractivity contribution in [3.8, 4) is 0 Å². The maximum atomic E-state index is 12.1. The monoisotopic (exact) mass is 336 g/mol. The van der Waals surface area contributed by atoms with E-state index in [0.29, 0.717) is 0 Å². The van der Waals surface area contributed by atoms with E-state index in [4.69, 9.17) is 9.47 Å². The molecular formula is C16H20N2O6. The van der Waals surface area contributed by atoms with Gasteiger partial charge in [-0.05, 0) is 26.0 Å². The average Bonchev–Trinajstić information content (AvgIpc) is 2.58. The Labute approximate surface area is 139 Å². The van der Waals surface area contributed by atoms with E-state index in [1.807, 2.05) is 0 Å². The Morgan fingerprint density at radius 2 is 1.17 bits per heavy atom. The van der Waals surface area contributed by atoms with Crippen LogP contribution in [0.4, 0.5) is 0 Å². The summed E-state index contributed by atoms with van der Waals surface area (Å²) in [7, 11) is 0. The molecule has 0 aliphatic rings. The second-order valence-corrected chi connectivity index (χ2v) is 4.52. The van der Waals surface area contributed by atoms with Crippen LogP contribution in [0.3, 0.4) is 0 Å². The number of hydrogen-bond acceptors (Lipinski definition) is 6. The quantitative estimate of drug-likeness (QED) is 0.659. The number of esters is 2. The number of ether oxygens (including phenoxy) is 2. The Bertz CT molecular complexity index is 561. The molecule has 0 saturated carbocycles. The summed E-state index contributed by atoms with van der Waals surface area (Å²) in [6.45, 7) is 3.13. The Morgan fingerprint density at radius 3 is 1.50 bits per heavy atom. The summed E-state index contributed by atoms with van der Waals surface area (Å²) < 4.78 is 9.42. The molecule has 0 heterocycles. The molecule has 130 valence electrons. The normalized spacial score (nSPS) is 9.75. The lowest BCUT2D eigenvalue weighted by atomic mass is 10.1. The number of amides is 2. The fraction of sp³-hybridized carbons (Fsp3) is 0.375. The van der Waals surface area contributed by atoms with Gasteiger partial charge in [0, 0.05) is 0 Å². The van der Waals surface area contributed by atoms with Gasteiger partial charge >= 0.3 is 11.9 Å². The number of benzene rings is 1. The predicted molar refractivity (Wildman–Crippen MR) is 84.4 cm³/mol. The van der Waals surface area contributed by atoms with E-state index in [-0.39, 0.29) is 37.4 Å². The summed E-state index contributed by atoms with van der Waals surface area (Å²) in [6.07, 6.45) is 0. The van der Waals surface area contributed by atoms with Gasteiger partial charge in [0.15, 0.2) is 0 Å². The SMILES string of the molecule is CCOC(=O)CNC(=O)c1ccccc1C(=O)NCC(=O)OCC. The van der Waals surface area contributed by atoms with Crippen molar-refractivity contribution >= 4 is 23.8 Å². The first kappa shape index (κ1) is 19.1. The third kappa shape index (κ3) is 6.07. The maximum absolute atomic E-state index is 12.1. The zero-order valence-corrected chi connectivity index (χ0v) is 13.6. The minimum absolute atomic E-state index is 0.0863. The molecule has 0 aliphatic carbocycles. The maximum Gasteiger partial charge on any atom is 0.325 e. The number of nitrogens with one attached hydrogen (secondary N) is 2. The van der Waals surface area contributed by atoms with E-state index in [0.717, 1.165) is 0 Å². The molecule has 0 fully saturated rings. The average molecular weight is 336 g/mol. The highest BCUT2D eigenvalue weighted by Gasteiger charge is 2.18. The van der Waals surface area contributed by atoms with Gasteiger partial charge in [-0.3, -0.25) is 19.2 Å². The van der Waals surface area contributed by atoms with Crippen molar-refractivity contribution in [2.24, 2.45) is 0 Å². The third-order valence-electron chi connectivity index (χ3n) is 2.81. The summed E-state index contributed by atoms with van der Waals surface area (Å²) in [5, 5.41) is 4.76. The van der Waals surface area contributed by atoms with Crippen molar-refractivity contribution in [1.29, 1.82) is 0 Å². The molecule has 0 unspecified atom stereocenters. The van der Waals surface area contributed by atoms with E-state index in [1.54, 1.807) is 26.0 Å². The Morgan fingerprint density at radius 1 is 0.792 bits per heavy atom. The Balaban J connectivity index is 2.72. The highest BCUT2D eigenvalue weighted by atomic mass is 16.5. The van der Waals surface area contributed by atoms with Crippen LogP contribution in [0.25, 0.3) is 0 Å². The molecule has 0 spiro atoms. The van der Waals surface area contributed by atoms with Gasteiger partial charge in [-0.15, -0.1) is 0 Å². The second kappa shape index (κ2) is 9.98. The minimum Gasteiger partial charge on any atom is -0.465 e. The van der Waals surface area contributed by atoms with E-state index in [9.17, 15) is 19.2 Å². The van der Waals surface area contributed by atoms with Crippen molar-refractivity contribution < 1.29 is 28.7 Å². The molecule has 0 atom stereocenters. The molecule has 2 amide bonds. The lowest BCUT2D eigenvalue weighted by Crippen LogP contribution is -2.34. The van der Waals surface area contributed by atoms with Crippen LogP contribution >= 0.6 is 0 Å². The first-order valence-corrected chi connectivity index (χ1v) is 7.46. The van der Waals surface area contributed by atoms with Crippen molar-refractivity contribution in [1.82, 2.24) is 10.6 Å². The molecule has 1 rings (SSSR count). The molecule has 0 radical (unpaired) electrons. The van der Waals surface area contributed by atoms with Gasteiger partial charge in [-0.1, -0.05) is 12.1 Å². The lowest BCUT2D eigenvalue weighted by molar-refractivity contribution is -0.142. The van der Waals surface area contributed by atoms with Crippen molar-refractivity contribution in [2.75, 3.05) is 26.3 Å². The standard InChI is InChI=1S/C16H20N2O6/c1-3-23-13(19)9-17-15(21)11-7-5-6-8-12(11)16(22)18-10-14(20)24-4-2/h5-8H,3-4,9-10H2,1-2H3,(H,17,21)(H,18,22). The van der Waals surface area contributed by atoms with Crippen LogP contribution in [0, 0.1) is 0 Å².